The molecule has 5 heteroatoms. The van der Waals surface area contributed by atoms with Crippen LogP contribution in [0, 0.1) is 0 Å². The largest absolute Gasteiger partial charge is 0.377 e. The Kier molecular flexibility index (Phi) is 3.69. The summed E-state index contributed by atoms with van der Waals surface area (Å²) < 4.78 is 5.52. The van der Waals surface area contributed by atoms with Crippen molar-refractivity contribution in [3.63, 3.8) is 0 Å². The van der Waals surface area contributed by atoms with Crippen LogP contribution in [-0.4, -0.2) is 42.5 Å². The first-order valence-electron chi connectivity index (χ1n) is 6.98. The van der Waals surface area contributed by atoms with Crippen molar-refractivity contribution in [2.75, 3.05) is 19.8 Å². The molecule has 3 rings (SSSR count). The second-order valence-electron chi connectivity index (χ2n) is 5.19. The summed E-state index contributed by atoms with van der Waals surface area (Å²) >= 11 is 0. The predicted octanol–water partition coefficient (Wildman–Crippen LogP) is 0.865. The number of nitrogens with one attached hydrogen (secondary N) is 1. The molecule has 5 nitrogen and oxygen atoms in total. The Labute approximate surface area is 117 Å². The van der Waals surface area contributed by atoms with Gasteiger partial charge in [-0.05, 0) is 12.0 Å². The smallest absolute Gasteiger partial charge is 0.245 e. The Morgan fingerprint density at radius 2 is 2.10 bits per heavy atom. The van der Waals surface area contributed by atoms with E-state index in [2.05, 4.69) is 5.32 Å². The summed E-state index contributed by atoms with van der Waals surface area (Å²) in [6.45, 7) is 1.64. The Hall–Kier alpha value is -1.88. The van der Waals surface area contributed by atoms with Gasteiger partial charge in [-0.25, -0.2) is 0 Å². The van der Waals surface area contributed by atoms with Crippen LogP contribution in [0.25, 0.3) is 0 Å². The zero-order valence-corrected chi connectivity index (χ0v) is 11.2. The van der Waals surface area contributed by atoms with Gasteiger partial charge in [0.15, 0.2) is 0 Å². The van der Waals surface area contributed by atoms with Gasteiger partial charge in [-0.1, -0.05) is 30.3 Å². The number of hydrogen-bond acceptors (Lipinski definition) is 3. The summed E-state index contributed by atoms with van der Waals surface area (Å²) in [5, 5.41) is 2.75. The van der Waals surface area contributed by atoms with Gasteiger partial charge in [0.2, 0.25) is 11.8 Å². The maximum absolute atomic E-state index is 12.6. The molecule has 2 aliphatic rings. The fourth-order valence-electron chi connectivity index (χ4n) is 2.82. The summed E-state index contributed by atoms with van der Waals surface area (Å²) in [7, 11) is 0. The molecule has 106 valence electrons. The highest BCUT2D eigenvalue weighted by Crippen LogP contribution is 2.25. The summed E-state index contributed by atoms with van der Waals surface area (Å²) in [6, 6.07) is 9.46. The second kappa shape index (κ2) is 5.63. The minimum absolute atomic E-state index is 0.00741. The van der Waals surface area contributed by atoms with Crippen molar-refractivity contribution in [3.8, 4) is 0 Å². The molecule has 1 aromatic carbocycles. The van der Waals surface area contributed by atoms with Crippen molar-refractivity contribution in [2.24, 2.45) is 0 Å². The molecule has 2 atom stereocenters. The van der Waals surface area contributed by atoms with E-state index in [-0.39, 0.29) is 23.9 Å². The van der Waals surface area contributed by atoms with Crippen molar-refractivity contribution >= 4 is 11.8 Å². The Bertz CT molecular complexity index is 503. The number of hydrogen-bond donors (Lipinski definition) is 1. The highest BCUT2D eigenvalue weighted by Gasteiger charge is 2.35. The van der Waals surface area contributed by atoms with Crippen LogP contribution in [0.3, 0.4) is 0 Å². The highest BCUT2D eigenvalue weighted by atomic mass is 16.5. The predicted molar refractivity (Wildman–Crippen MR) is 72.9 cm³/mol. The van der Waals surface area contributed by atoms with E-state index in [1.165, 1.54) is 0 Å². The Morgan fingerprint density at radius 3 is 2.80 bits per heavy atom. The number of carbonyl (C=O) groups is 2. The summed E-state index contributed by atoms with van der Waals surface area (Å²) in [5.74, 6) is -0.0270. The van der Waals surface area contributed by atoms with Gasteiger partial charge >= 0.3 is 0 Å². The molecule has 1 N–H and O–H groups in total. The molecule has 2 unspecified atom stereocenters. The van der Waals surface area contributed by atoms with Crippen LogP contribution in [-0.2, 0) is 14.3 Å². The third-order valence-corrected chi connectivity index (χ3v) is 3.89. The van der Waals surface area contributed by atoms with Crippen molar-refractivity contribution < 1.29 is 14.3 Å². The number of morpholine rings is 1. The normalized spacial score (nSPS) is 26.4. The molecule has 0 aliphatic carbocycles. The molecule has 1 aromatic rings. The number of benzene rings is 1. The third kappa shape index (κ3) is 2.54. The number of nitrogens with zero attached hydrogens (tertiary/aromatic N) is 1. The van der Waals surface area contributed by atoms with Crippen LogP contribution in [0.4, 0.5) is 0 Å². The second-order valence-corrected chi connectivity index (χ2v) is 5.19. The van der Waals surface area contributed by atoms with E-state index in [0.29, 0.717) is 32.6 Å². The third-order valence-electron chi connectivity index (χ3n) is 3.89. The van der Waals surface area contributed by atoms with E-state index < -0.39 is 0 Å². The molecule has 2 saturated heterocycles. The fraction of sp³-hybridized carbons (Fsp3) is 0.467. The van der Waals surface area contributed by atoms with Crippen LogP contribution < -0.4 is 5.32 Å². The fourth-order valence-corrected chi connectivity index (χ4v) is 2.82. The van der Waals surface area contributed by atoms with E-state index in [0.717, 1.165) is 5.56 Å². The van der Waals surface area contributed by atoms with Crippen molar-refractivity contribution in [2.45, 2.75) is 24.9 Å². The van der Waals surface area contributed by atoms with Crippen LogP contribution >= 0.6 is 0 Å². The molecule has 0 radical (unpaired) electrons. The molecule has 2 aliphatic heterocycles. The zero-order chi connectivity index (χ0) is 13.9. The lowest BCUT2D eigenvalue weighted by Crippen LogP contribution is -2.50. The van der Waals surface area contributed by atoms with Crippen molar-refractivity contribution in [3.05, 3.63) is 35.9 Å². The number of carbonyl (C=O) groups excluding carboxylic acids is 2. The van der Waals surface area contributed by atoms with Gasteiger partial charge in [-0.2, -0.15) is 0 Å². The van der Waals surface area contributed by atoms with Crippen LogP contribution in [0.2, 0.25) is 0 Å². The standard InChI is InChI=1S/C15H18N2O3/c18-14-7-6-12(16-14)15(19)17-8-9-20-10-13(17)11-4-2-1-3-5-11/h1-5,12-13H,6-10H2,(H,16,18). The lowest BCUT2D eigenvalue weighted by molar-refractivity contribution is -0.142. The maximum Gasteiger partial charge on any atom is 0.245 e. The molecule has 20 heavy (non-hydrogen) atoms. The van der Waals surface area contributed by atoms with Gasteiger partial charge in [-0.3, -0.25) is 9.59 Å². The van der Waals surface area contributed by atoms with E-state index >= 15 is 0 Å². The summed E-state index contributed by atoms with van der Waals surface area (Å²) in [4.78, 5) is 25.7. The first kappa shape index (κ1) is 13.1. The van der Waals surface area contributed by atoms with Gasteiger partial charge in [0.1, 0.15) is 6.04 Å². The molecule has 0 spiro atoms. The van der Waals surface area contributed by atoms with Gasteiger partial charge in [0.05, 0.1) is 19.3 Å². The summed E-state index contributed by atoms with van der Waals surface area (Å²) in [6.07, 6.45) is 1.04. The first-order chi connectivity index (χ1) is 9.75. The average molecular weight is 274 g/mol. The molecule has 0 aromatic heterocycles. The van der Waals surface area contributed by atoms with Gasteiger partial charge in [-0.15, -0.1) is 0 Å². The van der Waals surface area contributed by atoms with E-state index in [9.17, 15) is 9.59 Å². The minimum Gasteiger partial charge on any atom is -0.377 e. The van der Waals surface area contributed by atoms with E-state index in [1.54, 1.807) is 0 Å². The molecule has 2 fully saturated rings. The lowest BCUT2D eigenvalue weighted by Gasteiger charge is -2.37. The molecule has 0 bridgehead atoms. The molecule has 2 amide bonds. The maximum atomic E-state index is 12.6. The van der Waals surface area contributed by atoms with Crippen LogP contribution in [0.15, 0.2) is 30.3 Å². The van der Waals surface area contributed by atoms with Crippen molar-refractivity contribution in [1.82, 2.24) is 10.2 Å². The summed E-state index contributed by atoms with van der Waals surface area (Å²) in [5.41, 5.74) is 1.07. The molecule has 2 heterocycles. The Balaban J connectivity index is 1.78. The lowest BCUT2D eigenvalue weighted by atomic mass is 10.0. The molecule has 0 saturated carbocycles. The number of ether oxygens (including phenoxy) is 1. The molecular formula is C15H18N2O3. The highest BCUT2D eigenvalue weighted by molar-refractivity contribution is 5.91. The monoisotopic (exact) mass is 274 g/mol. The van der Waals surface area contributed by atoms with Gasteiger partial charge in [0.25, 0.3) is 0 Å². The molecular weight excluding hydrogens is 256 g/mol. The number of amides is 2. The first-order valence-corrected chi connectivity index (χ1v) is 6.98. The topological polar surface area (TPSA) is 58.6 Å². The van der Waals surface area contributed by atoms with Crippen LogP contribution in [0.1, 0.15) is 24.4 Å². The van der Waals surface area contributed by atoms with E-state index in [4.69, 9.17) is 4.74 Å². The van der Waals surface area contributed by atoms with Gasteiger partial charge in [0, 0.05) is 13.0 Å². The Morgan fingerprint density at radius 1 is 1.30 bits per heavy atom. The quantitative estimate of drug-likeness (QED) is 0.870. The zero-order valence-electron chi connectivity index (χ0n) is 11.2. The SMILES string of the molecule is O=C1CCC(C(=O)N2CCOCC2c2ccccc2)N1. The number of rotatable bonds is 2. The van der Waals surface area contributed by atoms with Crippen LogP contribution in [0.5, 0.6) is 0 Å². The van der Waals surface area contributed by atoms with Gasteiger partial charge < -0.3 is 15.0 Å². The minimum atomic E-state index is -0.369. The van der Waals surface area contributed by atoms with Crippen molar-refractivity contribution in [1.29, 1.82) is 0 Å². The average Bonchev–Trinajstić information content (AvgIpc) is 2.94. The van der Waals surface area contributed by atoms with E-state index in [1.807, 2.05) is 35.2 Å².